The van der Waals surface area contributed by atoms with Crippen molar-refractivity contribution in [1.29, 1.82) is 0 Å². The standard InChI is InChI=1S/C22H28Cl2O4/c1-12-8-16-15-5-4-13-9-14(26)6-7-19(13,2)21(15,24)17(23)10-20(16,3)22(12,28)18(27)11-25/h6-7,9,12,15-17,25,28H,4-5,8,10-11H2,1-3H3/t12-,15-,16-,17-,19-,20-,21-,22+/m0/s1. The Morgan fingerprint density at radius 3 is 2.64 bits per heavy atom. The molecule has 2 N–H and O–H groups in total. The van der Waals surface area contributed by atoms with Crippen molar-refractivity contribution in [2.75, 3.05) is 6.61 Å². The van der Waals surface area contributed by atoms with E-state index < -0.39 is 39.1 Å². The molecular weight excluding hydrogens is 399 g/mol. The summed E-state index contributed by atoms with van der Waals surface area (Å²) < 4.78 is 0. The van der Waals surface area contributed by atoms with Gasteiger partial charge in [-0.2, -0.15) is 0 Å². The van der Waals surface area contributed by atoms with Crippen molar-refractivity contribution in [2.45, 2.75) is 62.3 Å². The van der Waals surface area contributed by atoms with Crippen molar-refractivity contribution in [3.05, 3.63) is 23.8 Å². The highest BCUT2D eigenvalue weighted by Gasteiger charge is 2.74. The largest absolute Gasteiger partial charge is 0.388 e. The number of aliphatic hydroxyl groups is 2. The Bertz CT molecular complexity index is 806. The molecule has 0 aromatic heterocycles. The lowest BCUT2D eigenvalue weighted by Crippen LogP contribution is -2.67. The van der Waals surface area contributed by atoms with E-state index in [1.807, 2.05) is 19.9 Å². The number of halogens is 2. The van der Waals surface area contributed by atoms with Crippen LogP contribution in [0.4, 0.5) is 0 Å². The number of carbonyl (C=O) groups excluding carboxylic acids is 2. The summed E-state index contributed by atoms with van der Waals surface area (Å²) in [5.74, 6) is -0.811. The van der Waals surface area contributed by atoms with Gasteiger partial charge in [0.1, 0.15) is 12.2 Å². The smallest absolute Gasteiger partial charge is 0.190 e. The molecule has 28 heavy (non-hydrogen) atoms. The van der Waals surface area contributed by atoms with E-state index in [0.29, 0.717) is 12.8 Å². The Kier molecular flexibility index (Phi) is 4.53. The number of Topliss-reactive ketones (excluding diaryl/α,β-unsaturated/α-hetero) is 1. The van der Waals surface area contributed by atoms with E-state index in [4.69, 9.17) is 23.2 Å². The summed E-state index contributed by atoms with van der Waals surface area (Å²) in [6.07, 6.45) is 7.76. The monoisotopic (exact) mass is 426 g/mol. The third-order valence-corrected chi connectivity index (χ3v) is 10.3. The van der Waals surface area contributed by atoms with Crippen LogP contribution in [0.15, 0.2) is 23.8 Å². The van der Waals surface area contributed by atoms with Gasteiger partial charge in [0.25, 0.3) is 0 Å². The van der Waals surface area contributed by atoms with Crippen molar-refractivity contribution in [2.24, 2.45) is 28.6 Å². The average Bonchev–Trinajstić information content (AvgIpc) is 2.84. The molecule has 0 saturated heterocycles. The first kappa shape index (κ1) is 20.6. The van der Waals surface area contributed by atoms with Crippen LogP contribution in [-0.4, -0.2) is 44.2 Å². The van der Waals surface area contributed by atoms with E-state index in [1.165, 1.54) is 0 Å². The Morgan fingerprint density at radius 1 is 1.32 bits per heavy atom. The summed E-state index contributed by atoms with van der Waals surface area (Å²) in [5, 5.41) is 20.6. The molecule has 0 aromatic rings. The van der Waals surface area contributed by atoms with Crippen LogP contribution < -0.4 is 0 Å². The molecule has 6 heteroatoms. The molecule has 8 atom stereocenters. The van der Waals surface area contributed by atoms with Crippen molar-refractivity contribution in [1.82, 2.24) is 0 Å². The third-order valence-electron chi connectivity index (χ3n) is 8.75. The van der Waals surface area contributed by atoms with Crippen LogP contribution in [0.5, 0.6) is 0 Å². The molecule has 4 aliphatic carbocycles. The van der Waals surface area contributed by atoms with Gasteiger partial charge in [0.2, 0.25) is 0 Å². The minimum absolute atomic E-state index is 0.00149. The topological polar surface area (TPSA) is 74.6 Å². The highest BCUT2D eigenvalue weighted by Crippen LogP contribution is 2.72. The van der Waals surface area contributed by atoms with Crippen molar-refractivity contribution in [3.63, 3.8) is 0 Å². The molecule has 3 saturated carbocycles. The summed E-state index contributed by atoms with van der Waals surface area (Å²) in [7, 11) is 0. The number of hydrogen-bond acceptors (Lipinski definition) is 4. The number of ketones is 2. The third kappa shape index (κ3) is 2.16. The second-order valence-corrected chi connectivity index (χ2v) is 10.9. The van der Waals surface area contributed by atoms with Crippen molar-refractivity contribution < 1.29 is 19.8 Å². The molecule has 0 heterocycles. The molecule has 4 rings (SSSR count). The number of alkyl halides is 2. The minimum Gasteiger partial charge on any atom is -0.388 e. The van der Waals surface area contributed by atoms with Crippen LogP contribution in [0, 0.1) is 28.6 Å². The maximum Gasteiger partial charge on any atom is 0.190 e. The predicted molar refractivity (Wildman–Crippen MR) is 108 cm³/mol. The van der Waals surface area contributed by atoms with E-state index in [9.17, 15) is 19.8 Å². The Labute approximate surface area is 176 Å². The quantitative estimate of drug-likeness (QED) is 0.663. The highest BCUT2D eigenvalue weighted by molar-refractivity contribution is 6.34. The first-order chi connectivity index (χ1) is 13.0. The fourth-order valence-electron chi connectivity index (χ4n) is 7.20. The minimum atomic E-state index is -1.60. The first-order valence-electron chi connectivity index (χ1n) is 10.1. The summed E-state index contributed by atoms with van der Waals surface area (Å²) in [6.45, 7) is 5.20. The Morgan fingerprint density at radius 2 is 2.00 bits per heavy atom. The lowest BCUT2D eigenvalue weighted by molar-refractivity contribution is -0.167. The number of aliphatic hydroxyl groups excluding tert-OH is 1. The Hall–Kier alpha value is -0.680. The zero-order chi connectivity index (χ0) is 20.7. The normalized spacial score (nSPS) is 52.5. The SMILES string of the molecule is C[C@H]1C[C@H]2[C@@H]3CCC4=CC(=O)C=C[C@]4(C)[C@@]3(Cl)[C@@H](Cl)C[C@]2(C)[C@]1(O)C(=O)CO. The van der Waals surface area contributed by atoms with Gasteiger partial charge >= 0.3 is 0 Å². The molecule has 154 valence electrons. The Balaban J connectivity index is 1.84. The summed E-state index contributed by atoms with van der Waals surface area (Å²) in [6, 6.07) is 0. The van der Waals surface area contributed by atoms with Crippen LogP contribution in [-0.2, 0) is 9.59 Å². The molecule has 0 bridgehead atoms. The van der Waals surface area contributed by atoms with E-state index in [2.05, 4.69) is 6.92 Å². The molecule has 4 aliphatic rings. The maximum atomic E-state index is 12.6. The van der Waals surface area contributed by atoms with Gasteiger partial charge in [-0.1, -0.05) is 32.4 Å². The van der Waals surface area contributed by atoms with Crippen LogP contribution in [0.25, 0.3) is 0 Å². The number of allylic oxidation sites excluding steroid dienone is 4. The average molecular weight is 427 g/mol. The first-order valence-corrected chi connectivity index (χ1v) is 10.9. The molecule has 0 amide bonds. The number of hydrogen-bond donors (Lipinski definition) is 2. The van der Waals surface area contributed by atoms with Gasteiger partial charge in [-0.3, -0.25) is 9.59 Å². The van der Waals surface area contributed by atoms with Crippen LogP contribution in [0.3, 0.4) is 0 Å². The fraction of sp³-hybridized carbons (Fsp3) is 0.727. The van der Waals surface area contributed by atoms with Gasteiger partial charge in [-0.05, 0) is 55.6 Å². The van der Waals surface area contributed by atoms with Gasteiger partial charge in [0, 0.05) is 10.8 Å². The highest BCUT2D eigenvalue weighted by atomic mass is 35.5. The van der Waals surface area contributed by atoms with Crippen molar-refractivity contribution >= 4 is 34.8 Å². The summed E-state index contributed by atoms with van der Waals surface area (Å²) in [4.78, 5) is 23.8. The lowest BCUT2D eigenvalue weighted by Gasteiger charge is -2.63. The molecule has 0 unspecified atom stereocenters. The number of rotatable bonds is 2. The summed E-state index contributed by atoms with van der Waals surface area (Å²) in [5.41, 5.74) is -1.86. The predicted octanol–water partition coefficient (Wildman–Crippen LogP) is 3.41. The van der Waals surface area contributed by atoms with E-state index in [-0.39, 0.29) is 23.5 Å². The molecule has 3 fully saturated rings. The number of carbonyl (C=O) groups is 2. The zero-order valence-corrected chi connectivity index (χ0v) is 18.1. The summed E-state index contributed by atoms with van der Waals surface area (Å²) >= 11 is 14.4. The van der Waals surface area contributed by atoms with E-state index in [0.717, 1.165) is 18.4 Å². The number of fused-ring (bicyclic) bond motifs is 5. The zero-order valence-electron chi connectivity index (χ0n) is 16.5. The van der Waals surface area contributed by atoms with E-state index in [1.54, 1.807) is 12.2 Å². The molecule has 0 aromatic carbocycles. The van der Waals surface area contributed by atoms with Gasteiger partial charge in [0.05, 0.1) is 10.3 Å². The van der Waals surface area contributed by atoms with Crippen molar-refractivity contribution in [3.8, 4) is 0 Å². The molecule has 0 radical (unpaired) electrons. The second kappa shape index (κ2) is 6.16. The molecular formula is C22H28Cl2O4. The van der Waals surface area contributed by atoms with Crippen LogP contribution in [0.1, 0.15) is 46.5 Å². The van der Waals surface area contributed by atoms with Crippen LogP contribution >= 0.6 is 23.2 Å². The molecule has 0 aliphatic heterocycles. The van der Waals surface area contributed by atoms with Gasteiger partial charge < -0.3 is 10.2 Å². The second-order valence-electron chi connectivity index (χ2n) is 9.70. The maximum absolute atomic E-state index is 12.6. The van der Waals surface area contributed by atoms with E-state index >= 15 is 0 Å². The van der Waals surface area contributed by atoms with Crippen LogP contribution in [0.2, 0.25) is 0 Å². The fourth-order valence-corrected chi connectivity index (χ4v) is 8.43. The lowest BCUT2D eigenvalue weighted by atomic mass is 9.46. The van der Waals surface area contributed by atoms with Gasteiger partial charge in [0.15, 0.2) is 11.6 Å². The molecule has 0 spiro atoms. The van der Waals surface area contributed by atoms with Gasteiger partial charge in [-0.25, -0.2) is 0 Å². The molecule has 4 nitrogen and oxygen atoms in total. The van der Waals surface area contributed by atoms with Gasteiger partial charge in [-0.15, -0.1) is 23.2 Å².